The number of carbonyl (C=O) groups is 1. The molecule has 1 N–H and O–H groups in total. The van der Waals surface area contributed by atoms with Crippen molar-refractivity contribution in [3.05, 3.63) is 11.6 Å². The molecule has 1 aliphatic rings. The lowest BCUT2D eigenvalue weighted by Crippen LogP contribution is -2.30. The molecule has 0 saturated heterocycles. The van der Waals surface area contributed by atoms with Gasteiger partial charge in [-0.3, -0.25) is 9.69 Å². The van der Waals surface area contributed by atoms with Gasteiger partial charge in [0.05, 0.1) is 5.92 Å². The maximum Gasteiger partial charge on any atom is 0.306 e. The topological polar surface area (TPSA) is 40.5 Å². The number of carboxylic acid groups (broad SMARTS) is 1. The highest BCUT2D eigenvalue weighted by Crippen LogP contribution is 2.17. The molecule has 0 fully saturated rings. The number of hydrogen-bond acceptors (Lipinski definition) is 2. The van der Waals surface area contributed by atoms with Crippen molar-refractivity contribution in [2.75, 3.05) is 19.6 Å². The van der Waals surface area contributed by atoms with Gasteiger partial charge in [-0.2, -0.15) is 0 Å². The monoisotopic (exact) mass is 197 g/mol. The molecule has 0 aromatic heterocycles. The summed E-state index contributed by atoms with van der Waals surface area (Å²) in [5.74, 6) is -0.947. The Kier molecular flexibility index (Phi) is 4.14. The van der Waals surface area contributed by atoms with Crippen LogP contribution >= 0.6 is 0 Å². The van der Waals surface area contributed by atoms with E-state index >= 15 is 0 Å². The molecule has 0 amide bonds. The van der Waals surface area contributed by atoms with E-state index < -0.39 is 5.97 Å². The van der Waals surface area contributed by atoms with E-state index in [2.05, 4.69) is 17.9 Å². The molecule has 3 heteroatoms. The third-order valence-corrected chi connectivity index (χ3v) is 2.74. The van der Waals surface area contributed by atoms with Crippen LogP contribution in [0.15, 0.2) is 11.6 Å². The Balaban J connectivity index is 2.45. The Labute approximate surface area is 85.4 Å². The molecule has 0 aromatic carbocycles. The predicted molar refractivity (Wildman–Crippen MR) is 56.2 cm³/mol. The molecule has 0 radical (unpaired) electrons. The second kappa shape index (κ2) is 5.15. The van der Waals surface area contributed by atoms with E-state index in [1.165, 1.54) is 5.57 Å². The molecule has 0 bridgehead atoms. The molecule has 80 valence electrons. The van der Waals surface area contributed by atoms with Crippen LogP contribution in [0.2, 0.25) is 0 Å². The van der Waals surface area contributed by atoms with Crippen LogP contribution in [0, 0.1) is 5.92 Å². The predicted octanol–water partition coefficient (Wildman–Crippen LogP) is 1.75. The standard InChI is InChI=1S/C11H19NO2/c1-3-12-6-4-5-10(8-12)7-9(2)11(13)14/h5,9H,3-4,6-8H2,1-2H3,(H,13,14). The zero-order valence-corrected chi connectivity index (χ0v) is 8.99. The van der Waals surface area contributed by atoms with Crippen LogP contribution in [0.5, 0.6) is 0 Å². The van der Waals surface area contributed by atoms with E-state index in [-0.39, 0.29) is 5.92 Å². The minimum absolute atomic E-state index is 0.252. The lowest BCUT2D eigenvalue weighted by atomic mass is 9.98. The number of aliphatic carboxylic acids is 1. The molecule has 1 atom stereocenters. The Morgan fingerprint density at radius 2 is 2.43 bits per heavy atom. The van der Waals surface area contributed by atoms with E-state index in [1.807, 2.05) is 0 Å². The van der Waals surface area contributed by atoms with E-state index in [4.69, 9.17) is 5.11 Å². The summed E-state index contributed by atoms with van der Waals surface area (Å²) >= 11 is 0. The average molecular weight is 197 g/mol. The lowest BCUT2D eigenvalue weighted by molar-refractivity contribution is -0.141. The molecule has 1 rings (SSSR count). The van der Waals surface area contributed by atoms with Gasteiger partial charge in [-0.25, -0.2) is 0 Å². The van der Waals surface area contributed by atoms with Crippen LogP contribution in [-0.4, -0.2) is 35.6 Å². The summed E-state index contributed by atoms with van der Waals surface area (Å²) in [7, 11) is 0. The summed E-state index contributed by atoms with van der Waals surface area (Å²) in [6, 6.07) is 0. The molecule has 14 heavy (non-hydrogen) atoms. The van der Waals surface area contributed by atoms with Gasteiger partial charge in [0, 0.05) is 13.1 Å². The van der Waals surface area contributed by atoms with Gasteiger partial charge >= 0.3 is 5.97 Å². The van der Waals surface area contributed by atoms with Gasteiger partial charge in [0.1, 0.15) is 0 Å². The van der Waals surface area contributed by atoms with E-state index in [1.54, 1.807) is 6.92 Å². The molecular formula is C11H19NO2. The van der Waals surface area contributed by atoms with Crippen LogP contribution in [0.25, 0.3) is 0 Å². The van der Waals surface area contributed by atoms with Gasteiger partial charge in [-0.15, -0.1) is 0 Å². The second-order valence-corrected chi connectivity index (χ2v) is 3.96. The Bertz CT molecular complexity index is 235. The van der Waals surface area contributed by atoms with Crippen molar-refractivity contribution in [2.24, 2.45) is 5.92 Å². The summed E-state index contributed by atoms with van der Waals surface area (Å²) in [5, 5.41) is 8.79. The van der Waals surface area contributed by atoms with E-state index in [0.717, 1.165) is 26.1 Å². The van der Waals surface area contributed by atoms with Crippen molar-refractivity contribution >= 4 is 5.97 Å². The zero-order valence-electron chi connectivity index (χ0n) is 8.99. The van der Waals surface area contributed by atoms with Crippen molar-refractivity contribution in [3.8, 4) is 0 Å². The van der Waals surface area contributed by atoms with E-state index in [0.29, 0.717) is 6.42 Å². The first kappa shape index (κ1) is 11.2. The van der Waals surface area contributed by atoms with E-state index in [9.17, 15) is 4.79 Å². The fourth-order valence-electron chi connectivity index (χ4n) is 1.78. The maximum absolute atomic E-state index is 10.7. The van der Waals surface area contributed by atoms with Gasteiger partial charge in [-0.1, -0.05) is 25.5 Å². The van der Waals surface area contributed by atoms with Crippen molar-refractivity contribution < 1.29 is 9.90 Å². The highest BCUT2D eigenvalue weighted by atomic mass is 16.4. The minimum Gasteiger partial charge on any atom is -0.481 e. The lowest BCUT2D eigenvalue weighted by Gasteiger charge is -2.26. The molecule has 1 heterocycles. The number of rotatable bonds is 4. The highest BCUT2D eigenvalue weighted by Gasteiger charge is 2.16. The summed E-state index contributed by atoms with van der Waals surface area (Å²) in [6.45, 7) is 7.03. The van der Waals surface area contributed by atoms with Crippen LogP contribution in [-0.2, 0) is 4.79 Å². The number of hydrogen-bond donors (Lipinski definition) is 1. The van der Waals surface area contributed by atoms with Gasteiger partial charge < -0.3 is 5.11 Å². The summed E-state index contributed by atoms with van der Waals surface area (Å²) in [6.07, 6.45) is 3.97. The third kappa shape index (κ3) is 3.14. The van der Waals surface area contributed by atoms with Crippen molar-refractivity contribution in [1.29, 1.82) is 0 Å². The average Bonchev–Trinajstić information content (AvgIpc) is 2.18. The summed E-state index contributed by atoms with van der Waals surface area (Å²) < 4.78 is 0. The SMILES string of the molecule is CCN1CCC=C(CC(C)C(=O)O)C1. The van der Waals surface area contributed by atoms with Gasteiger partial charge in [0.25, 0.3) is 0 Å². The number of carboxylic acids is 1. The van der Waals surface area contributed by atoms with Gasteiger partial charge in [-0.05, 0) is 19.4 Å². The number of nitrogens with zero attached hydrogens (tertiary/aromatic N) is 1. The highest BCUT2D eigenvalue weighted by molar-refractivity contribution is 5.69. The van der Waals surface area contributed by atoms with Crippen molar-refractivity contribution in [1.82, 2.24) is 4.90 Å². The molecular weight excluding hydrogens is 178 g/mol. The Morgan fingerprint density at radius 3 is 3.00 bits per heavy atom. The van der Waals surface area contributed by atoms with Crippen LogP contribution < -0.4 is 0 Å². The quantitative estimate of drug-likeness (QED) is 0.698. The molecule has 0 saturated carbocycles. The second-order valence-electron chi connectivity index (χ2n) is 3.96. The van der Waals surface area contributed by atoms with Crippen LogP contribution in [0.3, 0.4) is 0 Å². The van der Waals surface area contributed by atoms with Crippen molar-refractivity contribution in [2.45, 2.75) is 26.7 Å². The van der Waals surface area contributed by atoms with Crippen molar-refractivity contribution in [3.63, 3.8) is 0 Å². The molecule has 0 aromatic rings. The summed E-state index contributed by atoms with van der Waals surface area (Å²) in [4.78, 5) is 13.0. The fraction of sp³-hybridized carbons (Fsp3) is 0.727. The first-order chi connectivity index (χ1) is 6.63. The van der Waals surface area contributed by atoms with Gasteiger partial charge in [0.2, 0.25) is 0 Å². The smallest absolute Gasteiger partial charge is 0.306 e. The third-order valence-electron chi connectivity index (χ3n) is 2.74. The van der Waals surface area contributed by atoms with Gasteiger partial charge in [0.15, 0.2) is 0 Å². The molecule has 3 nitrogen and oxygen atoms in total. The van der Waals surface area contributed by atoms with Crippen LogP contribution in [0.1, 0.15) is 26.7 Å². The largest absolute Gasteiger partial charge is 0.481 e. The normalized spacial score (nSPS) is 20.3. The maximum atomic E-state index is 10.7. The minimum atomic E-state index is -0.695. The molecule has 0 aliphatic carbocycles. The zero-order chi connectivity index (χ0) is 10.6. The molecule has 1 unspecified atom stereocenters. The summed E-state index contributed by atoms with van der Waals surface area (Å²) in [5.41, 5.74) is 1.29. The Hall–Kier alpha value is -0.830. The number of likely N-dealkylation sites (N-methyl/N-ethyl adjacent to an activating group) is 1. The Morgan fingerprint density at radius 1 is 1.71 bits per heavy atom. The first-order valence-electron chi connectivity index (χ1n) is 5.26. The molecule has 0 spiro atoms. The molecule has 1 aliphatic heterocycles. The fourth-order valence-corrected chi connectivity index (χ4v) is 1.78. The van der Waals surface area contributed by atoms with Crippen LogP contribution in [0.4, 0.5) is 0 Å². The first-order valence-corrected chi connectivity index (χ1v) is 5.26.